The van der Waals surface area contributed by atoms with E-state index in [1.165, 1.54) is 19.4 Å². The van der Waals surface area contributed by atoms with Gasteiger partial charge in [-0.1, -0.05) is 0 Å². The smallest absolute Gasteiger partial charge is 0.246 e. The van der Waals surface area contributed by atoms with Crippen LogP contribution in [-0.4, -0.2) is 50.1 Å². The summed E-state index contributed by atoms with van der Waals surface area (Å²) in [5, 5.41) is 11.5. The van der Waals surface area contributed by atoms with Crippen LogP contribution in [0.3, 0.4) is 0 Å². The van der Waals surface area contributed by atoms with Crippen molar-refractivity contribution in [2.45, 2.75) is 4.90 Å². The fourth-order valence-corrected chi connectivity index (χ4v) is 2.52. The van der Waals surface area contributed by atoms with E-state index < -0.39 is 10.0 Å². The number of anilines is 1. The number of aliphatic hydroxyl groups is 1. The average Bonchev–Trinajstić information content (AvgIpc) is 2.29. The van der Waals surface area contributed by atoms with Crippen molar-refractivity contribution in [2.24, 2.45) is 0 Å². The van der Waals surface area contributed by atoms with Crippen molar-refractivity contribution in [1.82, 2.24) is 9.29 Å². The van der Waals surface area contributed by atoms with Crippen LogP contribution in [-0.2, 0) is 10.0 Å². The molecule has 0 atom stereocenters. The zero-order valence-corrected chi connectivity index (χ0v) is 10.0. The lowest BCUT2D eigenvalue weighted by Gasteiger charge is -2.17. The second-order valence-electron chi connectivity index (χ2n) is 3.17. The third-order valence-corrected chi connectivity index (χ3v) is 4.04. The van der Waals surface area contributed by atoms with Gasteiger partial charge < -0.3 is 10.4 Å². The van der Waals surface area contributed by atoms with Gasteiger partial charge in [-0.05, 0) is 6.07 Å². The van der Waals surface area contributed by atoms with E-state index in [-0.39, 0.29) is 18.0 Å². The summed E-state index contributed by atoms with van der Waals surface area (Å²) >= 11 is 0. The third kappa shape index (κ3) is 2.49. The number of likely N-dealkylation sites (N-methyl/N-ethyl adjacent to an activating group) is 1. The van der Waals surface area contributed by atoms with Crippen molar-refractivity contribution in [3.8, 4) is 0 Å². The van der Waals surface area contributed by atoms with Crippen LogP contribution >= 0.6 is 0 Å². The molecule has 90 valence electrons. The lowest BCUT2D eigenvalue weighted by atomic mass is 10.4. The van der Waals surface area contributed by atoms with E-state index in [0.717, 1.165) is 4.31 Å². The largest absolute Gasteiger partial charge is 0.395 e. The lowest BCUT2D eigenvalue weighted by molar-refractivity contribution is 0.266. The Morgan fingerprint density at radius 2 is 2.25 bits per heavy atom. The number of hydrogen-bond donors (Lipinski definition) is 2. The van der Waals surface area contributed by atoms with Gasteiger partial charge in [0.25, 0.3) is 0 Å². The summed E-state index contributed by atoms with van der Waals surface area (Å²) in [6.45, 7) is -0.161. The Morgan fingerprint density at radius 3 is 2.81 bits per heavy atom. The van der Waals surface area contributed by atoms with Gasteiger partial charge in [-0.2, -0.15) is 4.31 Å². The number of sulfonamides is 1. The molecular formula is C9H15N3O3S. The van der Waals surface area contributed by atoms with E-state index in [9.17, 15) is 8.42 Å². The molecule has 0 saturated heterocycles. The number of rotatable bonds is 5. The molecule has 0 saturated carbocycles. The van der Waals surface area contributed by atoms with Crippen molar-refractivity contribution in [3.63, 3.8) is 0 Å². The average molecular weight is 245 g/mol. The minimum absolute atomic E-state index is 0.0559. The first-order valence-corrected chi connectivity index (χ1v) is 6.17. The van der Waals surface area contributed by atoms with Gasteiger partial charge in [0.05, 0.1) is 12.3 Å². The van der Waals surface area contributed by atoms with Crippen LogP contribution in [0.15, 0.2) is 23.4 Å². The standard InChI is InChI=1S/C9H15N3O3S/c1-10-8-3-4-11-7-9(8)16(14,15)12(2)5-6-13/h3-4,7,13H,5-6H2,1-2H3,(H,10,11). The zero-order chi connectivity index (χ0) is 12.2. The first-order chi connectivity index (χ1) is 7.54. The van der Waals surface area contributed by atoms with Crippen LogP contribution in [0.1, 0.15) is 0 Å². The molecule has 0 radical (unpaired) electrons. The van der Waals surface area contributed by atoms with Crippen LogP contribution in [0.4, 0.5) is 5.69 Å². The van der Waals surface area contributed by atoms with Crippen molar-refractivity contribution in [3.05, 3.63) is 18.5 Å². The van der Waals surface area contributed by atoms with Crippen molar-refractivity contribution in [2.75, 3.05) is 32.6 Å². The minimum Gasteiger partial charge on any atom is -0.395 e. The summed E-state index contributed by atoms with van der Waals surface area (Å²) in [6.07, 6.45) is 2.80. The molecule has 1 aromatic rings. The summed E-state index contributed by atoms with van der Waals surface area (Å²) in [7, 11) is -0.542. The molecule has 7 heteroatoms. The predicted molar refractivity (Wildman–Crippen MR) is 60.7 cm³/mol. The van der Waals surface area contributed by atoms with Crippen LogP contribution in [0.5, 0.6) is 0 Å². The van der Waals surface area contributed by atoms with E-state index in [2.05, 4.69) is 10.3 Å². The normalized spacial score (nSPS) is 11.8. The second kappa shape index (κ2) is 5.24. The maximum absolute atomic E-state index is 12.0. The van der Waals surface area contributed by atoms with Crippen LogP contribution in [0, 0.1) is 0 Å². The molecule has 1 heterocycles. The van der Waals surface area contributed by atoms with Crippen molar-refractivity contribution >= 4 is 15.7 Å². The fraction of sp³-hybridized carbons (Fsp3) is 0.444. The predicted octanol–water partition coefficient (Wildman–Crippen LogP) is -0.264. The molecule has 1 rings (SSSR count). The SMILES string of the molecule is CNc1ccncc1S(=O)(=O)N(C)CCO. The molecule has 0 spiro atoms. The number of pyridine rings is 1. The first-order valence-electron chi connectivity index (χ1n) is 4.73. The number of nitrogens with zero attached hydrogens (tertiary/aromatic N) is 2. The summed E-state index contributed by atoms with van der Waals surface area (Å²) in [6, 6.07) is 1.58. The highest BCUT2D eigenvalue weighted by molar-refractivity contribution is 7.89. The van der Waals surface area contributed by atoms with Crippen molar-refractivity contribution in [1.29, 1.82) is 0 Å². The summed E-state index contributed by atoms with van der Waals surface area (Å²) < 4.78 is 25.2. The van der Waals surface area contributed by atoms with Gasteiger partial charge in [0.2, 0.25) is 10.0 Å². The Balaban J connectivity index is 3.16. The van der Waals surface area contributed by atoms with Crippen molar-refractivity contribution < 1.29 is 13.5 Å². The monoisotopic (exact) mass is 245 g/mol. The lowest BCUT2D eigenvalue weighted by Crippen LogP contribution is -2.30. The Hall–Kier alpha value is -1.18. The quantitative estimate of drug-likeness (QED) is 0.746. The molecule has 0 unspecified atom stereocenters. The summed E-state index contributed by atoms with van der Waals surface area (Å²) in [5.74, 6) is 0. The van der Waals surface area contributed by atoms with E-state index in [1.54, 1.807) is 13.1 Å². The molecule has 16 heavy (non-hydrogen) atoms. The molecule has 2 N–H and O–H groups in total. The van der Waals surface area contributed by atoms with Gasteiger partial charge >= 0.3 is 0 Å². The number of hydrogen-bond acceptors (Lipinski definition) is 5. The molecule has 6 nitrogen and oxygen atoms in total. The topological polar surface area (TPSA) is 82.5 Å². The fourth-order valence-electron chi connectivity index (χ4n) is 1.22. The van der Waals surface area contributed by atoms with E-state index in [1.807, 2.05) is 0 Å². The molecule has 0 amide bonds. The van der Waals surface area contributed by atoms with Crippen LogP contribution < -0.4 is 5.32 Å². The maximum atomic E-state index is 12.0. The van der Waals surface area contributed by atoms with E-state index >= 15 is 0 Å². The highest BCUT2D eigenvalue weighted by Crippen LogP contribution is 2.21. The molecule has 0 aliphatic carbocycles. The molecule has 0 aliphatic heterocycles. The van der Waals surface area contributed by atoms with Crippen LogP contribution in [0.2, 0.25) is 0 Å². The Kier molecular flexibility index (Phi) is 4.22. The third-order valence-electron chi connectivity index (χ3n) is 2.16. The Labute approximate surface area is 95.0 Å². The molecular weight excluding hydrogens is 230 g/mol. The molecule has 0 bridgehead atoms. The maximum Gasteiger partial charge on any atom is 0.246 e. The first kappa shape index (κ1) is 12.9. The Bertz CT molecular complexity index is 447. The summed E-state index contributed by atoms with van der Waals surface area (Å²) in [4.78, 5) is 3.90. The number of aromatic nitrogens is 1. The Morgan fingerprint density at radius 1 is 1.56 bits per heavy atom. The van der Waals surface area contributed by atoms with Gasteiger partial charge in [0.15, 0.2) is 0 Å². The van der Waals surface area contributed by atoms with Gasteiger partial charge in [0, 0.05) is 33.0 Å². The van der Waals surface area contributed by atoms with Gasteiger partial charge in [-0.25, -0.2) is 8.42 Å². The molecule has 1 aromatic heterocycles. The number of nitrogens with one attached hydrogen (secondary N) is 1. The summed E-state index contributed by atoms with van der Waals surface area (Å²) in [5.41, 5.74) is 0.486. The van der Waals surface area contributed by atoms with Gasteiger partial charge in [-0.3, -0.25) is 4.98 Å². The van der Waals surface area contributed by atoms with Crippen LogP contribution in [0.25, 0.3) is 0 Å². The highest BCUT2D eigenvalue weighted by Gasteiger charge is 2.23. The van der Waals surface area contributed by atoms with Gasteiger partial charge in [-0.15, -0.1) is 0 Å². The molecule has 0 aliphatic rings. The minimum atomic E-state index is -3.60. The highest BCUT2D eigenvalue weighted by atomic mass is 32.2. The second-order valence-corrected chi connectivity index (χ2v) is 5.19. The molecule has 0 fully saturated rings. The number of aliphatic hydroxyl groups excluding tert-OH is 1. The van der Waals surface area contributed by atoms with E-state index in [0.29, 0.717) is 5.69 Å². The zero-order valence-electron chi connectivity index (χ0n) is 9.21. The van der Waals surface area contributed by atoms with E-state index in [4.69, 9.17) is 5.11 Å². The van der Waals surface area contributed by atoms with Gasteiger partial charge in [0.1, 0.15) is 4.90 Å². The molecule has 0 aromatic carbocycles.